The SMILES string of the molecule is CSC1(CNS(=O)(=O)c2ccc(N)cc2F)CCCCC1. The van der Waals surface area contributed by atoms with Gasteiger partial charge in [0.25, 0.3) is 0 Å². The molecule has 7 heteroatoms. The van der Waals surface area contributed by atoms with Gasteiger partial charge in [-0.2, -0.15) is 11.8 Å². The topological polar surface area (TPSA) is 72.2 Å². The van der Waals surface area contributed by atoms with Gasteiger partial charge in [-0.3, -0.25) is 0 Å². The Balaban J connectivity index is 2.13. The van der Waals surface area contributed by atoms with Gasteiger partial charge in [-0.25, -0.2) is 17.5 Å². The van der Waals surface area contributed by atoms with Gasteiger partial charge >= 0.3 is 0 Å². The van der Waals surface area contributed by atoms with Crippen LogP contribution in [0.25, 0.3) is 0 Å². The third-order valence-electron chi connectivity index (χ3n) is 4.03. The molecule has 0 amide bonds. The number of rotatable bonds is 5. The lowest BCUT2D eigenvalue weighted by Crippen LogP contribution is -2.41. The first-order chi connectivity index (χ1) is 9.88. The maximum absolute atomic E-state index is 13.8. The smallest absolute Gasteiger partial charge is 0.243 e. The summed E-state index contributed by atoms with van der Waals surface area (Å²) >= 11 is 1.70. The zero-order chi connectivity index (χ0) is 15.5. The standard InChI is InChI=1S/C14H21FN2O2S2/c1-20-14(7-3-2-4-8-14)10-17-21(18,19)13-6-5-11(16)9-12(13)15/h5-6,9,17H,2-4,7-8,10,16H2,1H3. The molecule has 1 aromatic rings. The Morgan fingerprint density at radius 3 is 2.57 bits per heavy atom. The highest BCUT2D eigenvalue weighted by molar-refractivity contribution is 8.00. The zero-order valence-electron chi connectivity index (χ0n) is 12.1. The number of nitrogens with one attached hydrogen (secondary N) is 1. The fraction of sp³-hybridized carbons (Fsp3) is 0.571. The second kappa shape index (κ2) is 6.54. The molecule has 3 N–H and O–H groups in total. The molecule has 2 rings (SSSR count). The number of nitrogen functional groups attached to an aromatic ring is 1. The Morgan fingerprint density at radius 1 is 1.33 bits per heavy atom. The third-order valence-corrected chi connectivity index (χ3v) is 6.88. The van der Waals surface area contributed by atoms with Gasteiger partial charge in [0, 0.05) is 17.0 Å². The Hall–Kier alpha value is -0.790. The largest absolute Gasteiger partial charge is 0.399 e. The molecule has 0 saturated heterocycles. The molecule has 1 aliphatic rings. The second-order valence-corrected chi connectivity index (χ2v) is 8.47. The molecule has 0 unspecified atom stereocenters. The van der Waals surface area contributed by atoms with E-state index in [1.54, 1.807) is 11.8 Å². The number of hydrogen-bond acceptors (Lipinski definition) is 4. The van der Waals surface area contributed by atoms with Crippen molar-refractivity contribution in [2.24, 2.45) is 0 Å². The zero-order valence-corrected chi connectivity index (χ0v) is 13.7. The summed E-state index contributed by atoms with van der Waals surface area (Å²) < 4.78 is 40.8. The Kier molecular flexibility index (Phi) is 5.16. The van der Waals surface area contributed by atoms with E-state index in [-0.39, 0.29) is 15.3 Å². The lowest BCUT2D eigenvalue weighted by Gasteiger charge is -2.35. The van der Waals surface area contributed by atoms with E-state index in [0.717, 1.165) is 31.7 Å². The molecule has 0 radical (unpaired) electrons. The molecular formula is C14H21FN2O2S2. The van der Waals surface area contributed by atoms with Crippen LogP contribution in [0.2, 0.25) is 0 Å². The predicted molar refractivity (Wildman–Crippen MR) is 85.3 cm³/mol. The highest BCUT2D eigenvalue weighted by atomic mass is 32.2. The van der Waals surface area contributed by atoms with Crippen LogP contribution in [0.1, 0.15) is 32.1 Å². The molecular weight excluding hydrogens is 311 g/mol. The fourth-order valence-corrected chi connectivity index (χ4v) is 4.88. The molecule has 1 aliphatic carbocycles. The summed E-state index contributed by atoms with van der Waals surface area (Å²) in [6.07, 6.45) is 7.39. The molecule has 4 nitrogen and oxygen atoms in total. The van der Waals surface area contributed by atoms with Gasteiger partial charge in [0.15, 0.2) is 0 Å². The molecule has 1 saturated carbocycles. The van der Waals surface area contributed by atoms with Gasteiger partial charge in [-0.05, 0) is 37.3 Å². The van der Waals surface area contributed by atoms with E-state index in [1.807, 2.05) is 6.26 Å². The number of nitrogens with two attached hydrogens (primary N) is 1. The van der Waals surface area contributed by atoms with Gasteiger partial charge in [-0.1, -0.05) is 19.3 Å². The Labute approximate surface area is 129 Å². The minimum Gasteiger partial charge on any atom is -0.399 e. The van der Waals surface area contributed by atoms with Crippen molar-refractivity contribution < 1.29 is 12.8 Å². The summed E-state index contributed by atoms with van der Waals surface area (Å²) in [5.41, 5.74) is 5.65. The van der Waals surface area contributed by atoms with Crippen LogP contribution in [-0.4, -0.2) is 26.0 Å². The number of benzene rings is 1. The van der Waals surface area contributed by atoms with Crippen molar-refractivity contribution in [1.29, 1.82) is 0 Å². The van der Waals surface area contributed by atoms with Crippen LogP contribution < -0.4 is 10.5 Å². The van der Waals surface area contributed by atoms with E-state index in [9.17, 15) is 12.8 Å². The molecule has 118 valence electrons. The van der Waals surface area contributed by atoms with E-state index >= 15 is 0 Å². The van der Waals surface area contributed by atoms with Crippen molar-refractivity contribution >= 4 is 27.5 Å². The summed E-state index contributed by atoms with van der Waals surface area (Å²) in [7, 11) is -3.85. The number of halogens is 1. The van der Waals surface area contributed by atoms with Gasteiger partial charge < -0.3 is 5.73 Å². The lowest BCUT2D eigenvalue weighted by molar-refractivity contribution is 0.394. The highest BCUT2D eigenvalue weighted by Crippen LogP contribution is 2.38. The average molecular weight is 332 g/mol. The van der Waals surface area contributed by atoms with Crippen molar-refractivity contribution in [2.75, 3.05) is 18.5 Å². The minimum absolute atomic E-state index is 0.0738. The highest BCUT2D eigenvalue weighted by Gasteiger charge is 2.33. The molecule has 0 aliphatic heterocycles. The molecule has 0 spiro atoms. The Morgan fingerprint density at radius 2 is 2.00 bits per heavy atom. The maximum Gasteiger partial charge on any atom is 0.243 e. The number of anilines is 1. The molecule has 0 aromatic heterocycles. The quantitative estimate of drug-likeness (QED) is 0.813. The molecule has 0 atom stereocenters. The Bertz CT molecular complexity index is 599. The maximum atomic E-state index is 13.8. The van der Waals surface area contributed by atoms with Crippen molar-refractivity contribution in [2.45, 2.75) is 41.7 Å². The molecule has 1 aromatic carbocycles. The van der Waals surface area contributed by atoms with E-state index in [2.05, 4.69) is 4.72 Å². The third kappa shape index (κ3) is 3.90. The van der Waals surface area contributed by atoms with Crippen LogP contribution in [0.3, 0.4) is 0 Å². The summed E-state index contributed by atoms with van der Waals surface area (Å²) in [6, 6.07) is 3.63. The van der Waals surface area contributed by atoms with E-state index in [4.69, 9.17) is 5.73 Å². The van der Waals surface area contributed by atoms with Gasteiger partial charge in [0.2, 0.25) is 10.0 Å². The van der Waals surface area contributed by atoms with Gasteiger partial charge in [0.1, 0.15) is 10.7 Å². The van der Waals surface area contributed by atoms with Crippen molar-refractivity contribution in [3.05, 3.63) is 24.0 Å². The summed E-state index contributed by atoms with van der Waals surface area (Å²) in [4.78, 5) is -0.344. The predicted octanol–water partition coefficient (Wildman–Crippen LogP) is 2.75. The van der Waals surface area contributed by atoms with E-state index < -0.39 is 15.8 Å². The molecule has 21 heavy (non-hydrogen) atoms. The van der Waals surface area contributed by atoms with Crippen LogP contribution in [0.5, 0.6) is 0 Å². The monoisotopic (exact) mass is 332 g/mol. The van der Waals surface area contributed by atoms with Gasteiger partial charge in [-0.15, -0.1) is 0 Å². The van der Waals surface area contributed by atoms with E-state index in [1.165, 1.54) is 18.6 Å². The summed E-state index contributed by atoms with van der Waals surface area (Å²) in [5.74, 6) is -0.815. The first kappa shape index (κ1) is 16.6. The summed E-state index contributed by atoms with van der Waals surface area (Å²) in [5, 5.41) is 0. The normalized spacial score (nSPS) is 18.6. The van der Waals surface area contributed by atoms with Crippen molar-refractivity contribution in [1.82, 2.24) is 4.72 Å². The minimum atomic E-state index is -3.85. The first-order valence-electron chi connectivity index (χ1n) is 6.98. The second-order valence-electron chi connectivity index (χ2n) is 5.46. The lowest BCUT2D eigenvalue weighted by atomic mass is 9.88. The molecule has 0 bridgehead atoms. The summed E-state index contributed by atoms with van der Waals surface area (Å²) in [6.45, 7) is 0.334. The number of hydrogen-bond donors (Lipinski definition) is 2. The van der Waals surface area contributed by atoms with Crippen molar-refractivity contribution in [3.8, 4) is 0 Å². The molecule has 0 heterocycles. The number of thioether (sulfide) groups is 1. The van der Waals surface area contributed by atoms with Crippen molar-refractivity contribution in [3.63, 3.8) is 0 Å². The van der Waals surface area contributed by atoms with Crippen LogP contribution in [0, 0.1) is 5.82 Å². The van der Waals surface area contributed by atoms with Crippen LogP contribution in [0.4, 0.5) is 10.1 Å². The first-order valence-corrected chi connectivity index (χ1v) is 9.69. The van der Waals surface area contributed by atoms with Crippen LogP contribution in [-0.2, 0) is 10.0 Å². The van der Waals surface area contributed by atoms with Gasteiger partial charge in [0.05, 0.1) is 0 Å². The van der Waals surface area contributed by atoms with E-state index in [0.29, 0.717) is 6.54 Å². The number of sulfonamides is 1. The molecule has 1 fully saturated rings. The fourth-order valence-electron chi connectivity index (χ4n) is 2.69. The van der Waals surface area contributed by atoms with Crippen LogP contribution in [0.15, 0.2) is 23.1 Å². The average Bonchev–Trinajstić information content (AvgIpc) is 2.46. The van der Waals surface area contributed by atoms with Crippen LogP contribution >= 0.6 is 11.8 Å².